The fraction of sp³-hybridized carbons (Fsp3) is 0.622. The fourth-order valence-corrected chi connectivity index (χ4v) is 13.9. The minimum Gasteiger partial charge on any atom is -0.778 e. The molecule has 2 aromatic carbocycles. The van der Waals surface area contributed by atoms with Crippen LogP contribution in [0.15, 0.2) is 48.5 Å². The third kappa shape index (κ3) is 66.2. The number of carboxylic acid groups (broad SMARTS) is 8. The summed E-state index contributed by atoms with van der Waals surface area (Å²) in [6.07, 6.45) is 3.32. The van der Waals surface area contributed by atoms with E-state index in [0.717, 1.165) is 25.7 Å². The SMILES string of the molecule is O=C(O)CC[C@H](CP(=O)(O)OCCC[C@H](NC(=O)CC[C@H](CC(=O)CCCCCNC(=O)CCCCCCC(=O)c1ccc(F)cc1)C(=O)O)C(=O)O)C(=O)O.O=C([O-])CC[C@H](CP(=O)([O-])OCCC[C@H](NC(=O)CC[C@H](CC(=O)CCCCCNC(=O)CCCCCCC(=O)c1ccc(F)cc1)C(=O)[O-])C(=O)[O-])C(=O)[O-].[K+].[K+].[K+].[K+].[K+]. The van der Waals surface area contributed by atoms with E-state index < -0.39 is 186 Å². The molecular formula is C74H103F2K5N4O30P2. The van der Waals surface area contributed by atoms with E-state index in [0.29, 0.717) is 114 Å². The minimum atomic E-state index is -4.80. The second kappa shape index (κ2) is 73.2. The molecule has 43 heteroatoms. The van der Waals surface area contributed by atoms with E-state index in [9.17, 15) is 140 Å². The Kier molecular flexibility index (Phi) is 77.9. The molecule has 2 rings (SSSR count). The van der Waals surface area contributed by atoms with Gasteiger partial charge in [0.25, 0.3) is 0 Å². The average Bonchev–Trinajstić information content (AvgIpc) is 0.890. The Hall–Kier alpha value is -0.898. The molecule has 0 aromatic heterocycles. The number of aliphatic carboxylic acids is 8. The van der Waals surface area contributed by atoms with Crippen molar-refractivity contribution in [3.63, 3.8) is 0 Å². The molecule has 0 radical (unpaired) electrons. The second-order valence-electron chi connectivity index (χ2n) is 27.0. The van der Waals surface area contributed by atoms with E-state index >= 15 is 0 Å². The van der Waals surface area contributed by atoms with Crippen molar-refractivity contribution in [2.45, 2.75) is 230 Å². The van der Waals surface area contributed by atoms with Crippen molar-refractivity contribution in [3.8, 4) is 0 Å². The predicted octanol–water partition coefficient (Wildman–Crippen LogP) is -11.8. The third-order valence-corrected chi connectivity index (χ3v) is 20.5. The maximum absolute atomic E-state index is 13.0. The Labute approximate surface area is 891 Å². The van der Waals surface area contributed by atoms with Gasteiger partial charge in [0.15, 0.2) is 11.6 Å². The summed E-state index contributed by atoms with van der Waals surface area (Å²) in [5.41, 5.74) is 0.939. The van der Waals surface area contributed by atoms with Gasteiger partial charge in [-0.05, 0) is 158 Å². The molecule has 34 nitrogen and oxygen atoms in total. The topological polar surface area (TPSA) is 590 Å². The molecule has 9 N–H and O–H groups in total. The summed E-state index contributed by atoms with van der Waals surface area (Å²) in [6.45, 7) is -0.248. The van der Waals surface area contributed by atoms with E-state index in [-0.39, 0.29) is 356 Å². The van der Waals surface area contributed by atoms with Crippen molar-refractivity contribution < 1.29 is 411 Å². The Bertz CT molecular complexity index is 3300. The first-order chi connectivity index (χ1) is 52.8. The van der Waals surface area contributed by atoms with Crippen molar-refractivity contribution in [3.05, 3.63) is 71.3 Å². The molecule has 628 valence electrons. The number of ketones is 4. The first-order valence-electron chi connectivity index (χ1n) is 37.2. The molecule has 8 atom stereocenters. The number of halogens is 2. The van der Waals surface area contributed by atoms with Gasteiger partial charge in [0.2, 0.25) is 23.6 Å². The number of carboxylic acids is 8. The largest absolute Gasteiger partial charge is 1.00 e. The summed E-state index contributed by atoms with van der Waals surface area (Å²) >= 11 is 0. The van der Waals surface area contributed by atoms with Gasteiger partial charge < -0.3 is 105 Å². The van der Waals surface area contributed by atoms with Crippen LogP contribution >= 0.6 is 15.2 Å². The number of Topliss-reactive ketones (excluding diaryl/α,β-unsaturated/α-hetero) is 4. The molecule has 117 heavy (non-hydrogen) atoms. The standard InChI is InChI=1S/2C37H54FN2O15P.5K/c2*38-28-17-13-25(14-18-28)31(42)11-5-1-2-6-12-32(43)39-21-7-3-4-9-29(41)23-26(35(47)48)15-19-33(44)40-30(37(51)52)10-8-22-55-56(53,54)24-27(36(49)50)16-20-34(45)46;;;;;/h2*13-14,17-18,26-27,30H,1-12,15-16,19-24H2,(H,39,43)(H,40,44)(H,45,46)(H,47,48)(H,49,50)(H,51,52)(H,53,54);;;;;/q;;5*+1/p-5/t2*26-,27-,30+;;;;;/m11...../s1. The molecule has 0 bridgehead atoms. The van der Waals surface area contributed by atoms with Gasteiger partial charge in [-0.2, -0.15) is 0 Å². The molecule has 0 saturated heterocycles. The zero-order chi connectivity index (χ0) is 84.2. The monoisotopic (exact) mass is 1820 g/mol. The van der Waals surface area contributed by atoms with Crippen molar-refractivity contribution in [2.24, 2.45) is 23.7 Å². The van der Waals surface area contributed by atoms with Crippen LogP contribution in [0.5, 0.6) is 0 Å². The van der Waals surface area contributed by atoms with Gasteiger partial charge in [-0.25, -0.2) is 13.6 Å². The molecule has 4 amide bonds. The number of unbranched alkanes of at least 4 members (excludes halogenated alkanes) is 10. The summed E-state index contributed by atoms with van der Waals surface area (Å²) < 4.78 is 59.9. The van der Waals surface area contributed by atoms with Crippen molar-refractivity contribution in [1.29, 1.82) is 0 Å². The second-order valence-corrected chi connectivity index (χ2v) is 30.7. The molecule has 0 saturated carbocycles. The molecule has 0 aliphatic heterocycles. The number of amides is 4. The van der Waals surface area contributed by atoms with Gasteiger partial charge in [0.1, 0.15) is 36.8 Å². The van der Waals surface area contributed by atoms with E-state index in [1.165, 1.54) is 48.5 Å². The maximum atomic E-state index is 13.0. The van der Waals surface area contributed by atoms with Crippen molar-refractivity contribution in [2.75, 3.05) is 38.6 Å². The normalized spacial score (nSPS) is 13.2. The zero-order valence-electron chi connectivity index (χ0n) is 67.5. The summed E-state index contributed by atoms with van der Waals surface area (Å²) in [7, 11) is -9.27. The van der Waals surface area contributed by atoms with Crippen LogP contribution in [-0.2, 0) is 85.3 Å². The summed E-state index contributed by atoms with van der Waals surface area (Å²) in [5.74, 6) is -21.3. The number of carbonyl (C=O) groups is 16. The minimum absolute atomic E-state index is 0. The van der Waals surface area contributed by atoms with Crippen molar-refractivity contribution in [1.82, 2.24) is 21.3 Å². The van der Waals surface area contributed by atoms with E-state index in [1.807, 2.05) is 0 Å². The first-order valence-corrected chi connectivity index (χ1v) is 40.7. The van der Waals surface area contributed by atoms with Gasteiger partial charge in [-0.1, -0.05) is 38.5 Å². The number of benzene rings is 2. The summed E-state index contributed by atoms with van der Waals surface area (Å²) in [5, 5.41) is 91.7. The molecule has 0 spiro atoms. The summed E-state index contributed by atoms with van der Waals surface area (Å²) in [4.78, 5) is 210. The third-order valence-electron chi connectivity index (χ3n) is 17.5. The van der Waals surface area contributed by atoms with Crippen LogP contribution in [0.3, 0.4) is 0 Å². The molecular weight excluding hydrogens is 1720 g/mol. The van der Waals surface area contributed by atoms with E-state index in [4.69, 9.17) is 9.63 Å². The van der Waals surface area contributed by atoms with E-state index in [1.54, 1.807) is 0 Å². The Morgan fingerprint density at radius 1 is 0.376 bits per heavy atom. The quantitative estimate of drug-likeness (QED) is 0.0128. The van der Waals surface area contributed by atoms with Gasteiger partial charge in [0.05, 0.1) is 43.2 Å². The summed E-state index contributed by atoms with van der Waals surface area (Å²) in [6, 6.07) is 7.74. The molecule has 2 aromatic rings. The smallest absolute Gasteiger partial charge is 0.778 e. The van der Waals surface area contributed by atoms with Crippen molar-refractivity contribution >= 4 is 110 Å². The zero-order valence-corrected chi connectivity index (χ0v) is 84.9. The first kappa shape index (κ1) is 125. The van der Waals surface area contributed by atoms with Crippen LogP contribution in [0.1, 0.15) is 239 Å². The molecule has 0 aliphatic rings. The fourth-order valence-electron chi connectivity index (χ4n) is 11.1. The number of hydrogen-bond acceptors (Lipinski definition) is 25. The Morgan fingerprint density at radius 2 is 0.744 bits per heavy atom. The average molecular weight is 1820 g/mol. The Morgan fingerprint density at radius 3 is 1.15 bits per heavy atom. The molecule has 2 unspecified atom stereocenters. The van der Waals surface area contributed by atoms with Gasteiger partial charge >= 0.3 is 288 Å². The Balaban J connectivity index is -0.000000685. The predicted molar refractivity (Wildman–Crippen MR) is 382 cm³/mol. The van der Waals surface area contributed by atoms with Crippen LogP contribution < -0.4 is 304 Å². The van der Waals surface area contributed by atoms with Gasteiger partial charge in [-0.3, -0.25) is 57.3 Å². The number of nitrogens with one attached hydrogen (secondary N) is 4. The number of carbonyl (C=O) groups excluding carboxylic acids is 12. The van der Waals surface area contributed by atoms with Crippen LogP contribution in [0, 0.1) is 35.3 Å². The van der Waals surface area contributed by atoms with Gasteiger partial charge in [0, 0.05) is 131 Å². The van der Waals surface area contributed by atoms with Crippen LogP contribution in [0.25, 0.3) is 0 Å². The maximum Gasteiger partial charge on any atom is 1.00 e. The molecule has 0 fully saturated rings. The van der Waals surface area contributed by atoms with Crippen LogP contribution in [0.2, 0.25) is 0 Å². The van der Waals surface area contributed by atoms with E-state index in [2.05, 4.69) is 25.8 Å². The van der Waals surface area contributed by atoms with Gasteiger partial charge in [-0.15, -0.1) is 0 Å². The molecule has 0 aliphatic carbocycles. The van der Waals surface area contributed by atoms with Crippen LogP contribution in [-0.4, -0.2) is 171 Å². The number of hydrogen-bond donors (Lipinski definition) is 9. The van der Waals surface area contributed by atoms with Crippen LogP contribution in [0.4, 0.5) is 8.78 Å². The molecule has 0 heterocycles. The number of rotatable bonds is 66.